The van der Waals surface area contributed by atoms with Crippen molar-refractivity contribution in [2.24, 2.45) is 5.73 Å². The first-order valence-corrected chi connectivity index (χ1v) is 2.75. The van der Waals surface area contributed by atoms with Crippen LogP contribution in [0.1, 0.15) is 13.1 Å². The van der Waals surface area contributed by atoms with Crippen LogP contribution in [0.2, 0.25) is 0 Å². The Balaban J connectivity index is 2.85. The van der Waals surface area contributed by atoms with Gasteiger partial charge in [-0.15, -0.1) is 0 Å². The van der Waals surface area contributed by atoms with Crippen molar-refractivity contribution in [1.82, 2.24) is 9.78 Å². The maximum Gasteiger partial charge on any atom is 0.0960 e. The molecule has 0 radical (unpaired) electrons. The van der Waals surface area contributed by atoms with Gasteiger partial charge >= 0.3 is 0 Å². The fourth-order valence-corrected chi connectivity index (χ4v) is 0.575. The van der Waals surface area contributed by atoms with Crippen molar-refractivity contribution >= 4 is 5.69 Å². The Kier molecular flexibility index (Phi) is 1.40. The van der Waals surface area contributed by atoms with Gasteiger partial charge in [0, 0.05) is 6.20 Å². The van der Waals surface area contributed by atoms with E-state index in [9.17, 15) is 0 Å². The number of anilines is 1. The van der Waals surface area contributed by atoms with Crippen LogP contribution in [-0.4, -0.2) is 9.78 Å². The van der Waals surface area contributed by atoms with Crippen molar-refractivity contribution in [2.75, 3.05) is 5.73 Å². The van der Waals surface area contributed by atoms with Crippen LogP contribution in [0.5, 0.6) is 0 Å². The molecule has 0 aromatic carbocycles. The van der Waals surface area contributed by atoms with Crippen LogP contribution in [0.4, 0.5) is 5.69 Å². The van der Waals surface area contributed by atoms with Crippen LogP contribution in [0.15, 0.2) is 12.4 Å². The molecule has 0 fully saturated rings. The highest BCUT2D eigenvalue weighted by atomic mass is 15.3. The van der Waals surface area contributed by atoms with Crippen LogP contribution in [0.3, 0.4) is 0 Å². The lowest BCUT2D eigenvalue weighted by Crippen LogP contribution is -2.14. The minimum Gasteiger partial charge on any atom is -0.396 e. The third kappa shape index (κ3) is 1.20. The topological polar surface area (TPSA) is 69.9 Å². The highest BCUT2D eigenvalue weighted by Gasteiger charge is 1.96. The second-order valence-electron chi connectivity index (χ2n) is 1.99. The second kappa shape index (κ2) is 2.06. The highest BCUT2D eigenvalue weighted by Crippen LogP contribution is 2.00. The first-order valence-electron chi connectivity index (χ1n) is 2.75. The highest BCUT2D eigenvalue weighted by molar-refractivity contribution is 5.30. The normalized spacial score (nSPS) is 13.6. The Labute approximate surface area is 53.4 Å². The van der Waals surface area contributed by atoms with Crippen molar-refractivity contribution in [1.29, 1.82) is 0 Å². The fraction of sp³-hybridized carbons (Fsp3) is 0.400. The summed E-state index contributed by atoms with van der Waals surface area (Å²) in [6.07, 6.45) is 3.18. The van der Waals surface area contributed by atoms with Gasteiger partial charge in [-0.2, -0.15) is 5.10 Å². The molecular formula is C5H10N4. The molecule has 1 aromatic heterocycles. The Hall–Kier alpha value is -1.03. The van der Waals surface area contributed by atoms with Gasteiger partial charge in [-0.05, 0) is 6.92 Å². The molecule has 0 aliphatic rings. The van der Waals surface area contributed by atoms with Gasteiger partial charge in [0.1, 0.15) is 0 Å². The summed E-state index contributed by atoms with van der Waals surface area (Å²) in [6, 6.07) is 0. The van der Waals surface area contributed by atoms with E-state index in [1.165, 1.54) is 0 Å². The van der Waals surface area contributed by atoms with Gasteiger partial charge in [-0.25, -0.2) is 0 Å². The van der Waals surface area contributed by atoms with E-state index in [1.54, 1.807) is 17.1 Å². The van der Waals surface area contributed by atoms with Crippen molar-refractivity contribution in [2.45, 2.75) is 13.1 Å². The molecule has 1 atom stereocenters. The van der Waals surface area contributed by atoms with Gasteiger partial charge in [-0.1, -0.05) is 0 Å². The van der Waals surface area contributed by atoms with Crippen LogP contribution in [0.25, 0.3) is 0 Å². The first kappa shape index (κ1) is 6.10. The quantitative estimate of drug-likeness (QED) is 0.554. The Morgan fingerprint density at radius 1 is 1.78 bits per heavy atom. The summed E-state index contributed by atoms with van der Waals surface area (Å²) in [4.78, 5) is 0. The van der Waals surface area contributed by atoms with E-state index in [0.717, 1.165) is 0 Å². The zero-order valence-corrected chi connectivity index (χ0v) is 5.28. The zero-order valence-electron chi connectivity index (χ0n) is 5.28. The maximum atomic E-state index is 5.47. The third-order valence-electron chi connectivity index (χ3n) is 1.04. The number of hydrogen-bond acceptors (Lipinski definition) is 3. The molecule has 4 heteroatoms. The summed E-state index contributed by atoms with van der Waals surface area (Å²) in [6.45, 7) is 1.84. The summed E-state index contributed by atoms with van der Waals surface area (Å²) in [5.41, 5.74) is 11.5. The summed E-state index contributed by atoms with van der Waals surface area (Å²) in [5.74, 6) is 0. The molecule has 0 spiro atoms. The molecule has 1 aromatic rings. The average molecular weight is 126 g/mol. The lowest BCUT2D eigenvalue weighted by molar-refractivity contribution is 0.509. The van der Waals surface area contributed by atoms with Crippen molar-refractivity contribution in [3.05, 3.63) is 12.4 Å². The molecule has 0 aliphatic heterocycles. The lowest BCUT2D eigenvalue weighted by Gasteiger charge is -2.02. The van der Waals surface area contributed by atoms with Crippen LogP contribution in [0, 0.1) is 0 Å². The summed E-state index contributed by atoms with van der Waals surface area (Å²) in [5, 5.41) is 3.88. The first-order chi connectivity index (χ1) is 4.20. The molecular weight excluding hydrogens is 116 g/mol. The van der Waals surface area contributed by atoms with Crippen molar-refractivity contribution in [3.63, 3.8) is 0 Å². The minimum atomic E-state index is -0.0951. The monoisotopic (exact) mass is 126 g/mol. The summed E-state index contributed by atoms with van der Waals surface area (Å²) < 4.78 is 1.61. The number of nitrogens with two attached hydrogens (primary N) is 2. The van der Waals surface area contributed by atoms with E-state index in [4.69, 9.17) is 11.5 Å². The van der Waals surface area contributed by atoms with Gasteiger partial charge in [0.25, 0.3) is 0 Å². The van der Waals surface area contributed by atoms with E-state index in [1.807, 2.05) is 6.92 Å². The molecule has 0 amide bonds. The molecule has 4 nitrogen and oxygen atoms in total. The molecule has 0 bridgehead atoms. The van der Waals surface area contributed by atoms with Gasteiger partial charge in [0.2, 0.25) is 0 Å². The number of nitrogens with zero attached hydrogens (tertiary/aromatic N) is 2. The van der Waals surface area contributed by atoms with E-state index in [0.29, 0.717) is 5.69 Å². The van der Waals surface area contributed by atoms with E-state index >= 15 is 0 Å². The van der Waals surface area contributed by atoms with Crippen molar-refractivity contribution < 1.29 is 0 Å². The standard InChI is InChI=1S/C5H10N4/c1-4(6)9-3-5(7)2-8-9/h2-4H,6-7H2,1H3. The lowest BCUT2D eigenvalue weighted by atomic mass is 10.6. The molecule has 0 aliphatic carbocycles. The molecule has 0 saturated heterocycles. The number of hydrogen-bond donors (Lipinski definition) is 2. The average Bonchev–Trinajstić information content (AvgIpc) is 2.14. The minimum absolute atomic E-state index is 0.0951. The van der Waals surface area contributed by atoms with E-state index in [-0.39, 0.29) is 6.17 Å². The smallest absolute Gasteiger partial charge is 0.0960 e. The van der Waals surface area contributed by atoms with Gasteiger partial charge in [0.05, 0.1) is 18.1 Å². The number of rotatable bonds is 1. The van der Waals surface area contributed by atoms with Gasteiger partial charge in [0.15, 0.2) is 0 Å². The van der Waals surface area contributed by atoms with Crippen LogP contribution >= 0.6 is 0 Å². The molecule has 1 heterocycles. The Bertz CT molecular complexity index is 191. The molecule has 0 saturated carbocycles. The molecule has 1 rings (SSSR count). The molecule has 1 unspecified atom stereocenters. The Morgan fingerprint density at radius 3 is 2.67 bits per heavy atom. The van der Waals surface area contributed by atoms with Gasteiger partial charge in [-0.3, -0.25) is 4.68 Å². The zero-order chi connectivity index (χ0) is 6.85. The van der Waals surface area contributed by atoms with Crippen molar-refractivity contribution in [3.8, 4) is 0 Å². The SMILES string of the molecule is CC(N)n1cc(N)cn1. The number of nitrogen functional groups attached to an aromatic ring is 1. The third-order valence-corrected chi connectivity index (χ3v) is 1.04. The number of aromatic nitrogens is 2. The molecule has 50 valence electrons. The largest absolute Gasteiger partial charge is 0.396 e. The predicted octanol–water partition coefficient (Wildman–Crippen LogP) is -0.0575. The van der Waals surface area contributed by atoms with Crippen LogP contribution in [-0.2, 0) is 0 Å². The second-order valence-corrected chi connectivity index (χ2v) is 1.99. The van der Waals surface area contributed by atoms with Gasteiger partial charge < -0.3 is 11.5 Å². The maximum absolute atomic E-state index is 5.47. The Morgan fingerprint density at radius 2 is 2.44 bits per heavy atom. The summed E-state index contributed by atoms with van der Waals surface area (Å²) >= 11 is 0. The fourth-order valence-electron chi connectivity index (χ4n) is 0.575. The molecule has 9 heavy (non-hydrogen) atoms. The molecule has 4 N–H and O–H groups in total. The van der Waals surface area contributed by atoms with E-state index in [2.05, 4.69) is 5.10 Å². The van der Waals surface area contributed by atoms with E-state index < -0.39 is 0 Å². The summed E-state index contributed by atoms with van der Waals surface area (Å²) in [7, 11) is 0. The van der Waals surface area contributed by atoms with Crippen LogP contribution < -0.4 is 11.5 Å². The predicted molar refractivity (Wildman–Crippen MR) is 35.5 cm³/mol.